The average Bonchev–Trinajstić information content (AvgIpc) is 3.09. The molecule has 2 atom stereocenters. The van der Waals surface area contributed by atoms with Gasteiger partial charge in [-0.2, -0.15) is 13.2 Å². The molecule has 0 aromatic heterocycles. The standard InChI is InChI=1S/C13H10.C11H14ClF3O2/c1-3-7-12-10(5-1)9-11-6-2-4-8-13(11)12;1-5(8(12)11(13,14)15)6-7(9(16)17-4)10(6,2)3/h1-8H,9H2;6-7H,1-4H3/t;6-,7-/m.1/s1. The molecule has 1 saturated carbocycles. The van der Waals surface area contributed by atoms with Crippen molar-refractivity contribution < 1.29 is 22.7 Å². The summed E-state index contributed by atoms with van der Waals surface area (Å²) in [6.45, 7) is 4.76. The number of allylic oxidation sites excluding steroid dienone is 2. The summed E-state index contributed by atoms with van der Waals surface area (Å²) in [5.41, 5.74) is 5.21. The average molecular weight is 437 g/mol. The molecule has 0 unspecified atom stereocenters. The number of carbonyl (C=O) groups is 1. The summed E-state index contributed by atoms with van der Waals surface area (Å²) in [6, 6.07) is 17.3. The van der Waals surface area contributed by atoms with Crippen LogP contribution in [0.3, 0.4) is 0 Å². The predicted molar refractivity (Wildman–Crippen MR) is 112 cm³/mol. The Morgan fingerprint density at radius 3 is 1.90 bits per heavy atom. The van der Waals surface area contributed by atoms with Gasteiger partial charge in [0, 0.05) is 5.92 Å². The topological polar surface area (TPSA) is 26.3 Å². The zero-order valence-corrected chi connectivity index (χ0v) is 18.1. The van der Waals surface area contributed by atoms with E-state index in [1.807, 2.05) is 0 Å². The minimum atomic E-state index is -4.56. The maximum absolute atomic E-state index is 12.4. The van der Waals surface area contributed by atoms with Crippen LogP contribution < -0.4 is 0 Å². The van der Waals surface area contributed by atoms with Crippen molar-refractivity contribution in [2.45, 2.75) is 33.4 Å². The van der Waals surface area contributed by atoms with E-state index in [2.05, 4.69) is 53.3 Å². The summed E-state index contributed by atoms with van der Waals surface area (Å²) >= 11 is 5.29. The van der Waals surface area contributed by atoms with Crippen LogP contribution in [0.1, 0.15) is 31.9 Å². The summed E-state index contributed by atoms with van der Waals surface area (Å²) in [7, 11) is 1.22. The molecular weight excluding hydrogens is 413 g/mol. The molecular formula is C24H24ClF3O2. The second-order valence-corrected chi connectivity index (χ2v) is 8.66. The number of rotatable bonds is 2. The van der Waals surface area contributed by atoms with E-state index in [0.717, 1.165) is 6.42 Å². The molecule has 30 heavy (non-hydrogen) atoms. The van der Waals surface area contributed by atoms with Crippen LogP contribution in [0.5, 0.6) is 0 Å². The van der Waals surface area contributed by atoms with Crippen LogP contribution in [0.25, 0.3) is 11.1 Å². The molecule has 6 heteroatoms. The molecule has 0 heterocycles. The van der Waals surface area contributed by atoms with Gasteiger partial charge in [0.05, 0.1) is 13.0 Å². The smallest absolute Gasteiger partial charge is 0.426 e. The van der Waals surface area contributed by atoms with Crippen molar-refractivity contribution in [3.05, 3.63) is 70.3 Å². The molecule has 0 saturated heterocycles. The molecule has 2 aliphatic rings. The highest BCUT2D eigenvalue weighted by atomic mass is 35.5. The van der Waals surface area contributed by atoms with E-state index < -0.39 is 34.4 Å². The number of fused-ring (bicyclic) bond motifs is 3. The molecule has 1 fully saturated rings. The number of esters is 1. The van der Waals surface area contributed by atoms with Crippen LogP contribution in [0, 0.1) is 17.3 Å². The van der Waals surface area contributed by atoms with E-state index in [0.29, 0.717) is 0 Å². The van der Waals surface area contributed by atoms with Crippen molar-refractivity contribution in [2.24, 2.45) is 17.3 Å². The van der Waals surface area contributed by atoms with E-state index in [4.69, 9.17) is 11.6 Å². The Bertz CT molecular complexity index is 948. The second-order valence-electron chi connectivity index (χ2n) is 8.29. The van der Waals surface area contributed by atoms with Gasteiger partial charge in [0.25, 0.3) is 0 Å². The lowest BCUT2D eigenvalue weighted by Crippen LogP contribution is -2.11. The summed E-state index contributed by atoms with van der Waals surface area (Å²) in [5, 5.41) is -1.14. The van der Waals surface area contributed by atoms with Crippen molar-refractivity contribution >= 4 is 17.6 Å². The second kappa shape index (κ2) is 8.10. The van der Waals surface area contributed by atoms with Crippen LogP contribution >= 0.6 is 11.6 Å². The lowest BCUT2D eigenvalue weighted by atomic mass is 10.0. The molecule has 0 aliphatic heterocycles. The number of benzene rings is 2. The van der Waals surface area contributed by atoms with Gasteiger partial charge in [-0.1, -0.05) is 74.0 Å². The van der Waals surface area contributed by atoms with Crippen molar-refractivity contribution in [2.75, 3.05) is 7.11 Å². The summed E-state index contributed by atoms with van der Waals surface area (Å²) < 4.78 is 41.9. The number of carbonyl (C=O) groups excluding carboxylic acids is 1. The quantitative estimate of drug-likeness (QED) is 0.414. The first kappa shape index (κ1) is 22.4. The van der Waals surface area contributed by atoms with Crippen LogP contribution in [0.4, 0.5) is 13.2 Å². The molecule has 2 aromatic rings. The van der Waals surface area contributed by atoms with Crippen molar-refractivity contribution in [3.8, 4) is 11.1 Å². The zero-order chi connectivity index (χ0) is 22.3. The number of methoxy groups -OCH3 is 1. The molecule has 0 spiro atoms. The number of hydrogen-bond acceptors (Lipinski definition) is 2. The first-order valence-corrected chi connectivity index (χ1v) is 10.1. The summed E-state index contributed by atoms with van der Waals surface area (Å²) in [6.07, 6.45) is -3.46. The summed E-state index contributed by atoms with van der Waals surface area (Å²) in [4.78, 5) is 11.4. The molecule has 0 amide bonds. The maximum atomic E-state index is 12.4. The van der Waals surface area contributed by atoms with Crippen LogP contribution in [-0.4, -0.2) is 19.3 Å². The first-order chi connectivity index (χ1) is 14.0. The Hall–Kier alpha value is -2.27. The fourth-order valence-corrected chi connectivity index (χ4v) is 4.57. The number of halogens is 4. The number of ether oxygens (including phenoxy) is 1. The van der Waals surface area contributed by atoms with Gasteiger partial charge in [-0.05, 0) is 46.6 Å². The third-order valence-corrected chi connectivity index (χ3v) is 6.56. The highest BCUT2D eigenvalue weighted by Crippen LogP contribution is 2.63. The molecule has 0 radical (unpaired) electrons. The molecule has 0 N–H and O–H groups in total. The van der Waals surface area contributed by atoms with Gasteiger partial charge in [0.2, 0.25) is 0 Å². The highest BCUT2D eigenvalue weighted by molar-refractivity contribution is 6.30. The van der Waals surface area contributed by atoms with Crippen molar-refractivity contribution in [3.63, 3.8) is 0 Å². The normalized spacial score (nSPS) is 21.5. The van der Waals surface area contributed by atoms with Gasteiger partial charge in [-0.3, -0.25) is 4.79 Å². The third-order valence-electron chi connectivity index (χ3n) is 6.05. The third kappa shape index (κ3) is 4.13. The van der Waals surface area contributed by atoms with Gasteiger partial charge in [0.15, 0.2) is 0 Å². The molecule has 0 bridgehead atoms. The Kier molecular flexibility index (Phi) is 6.06. The SMILES string of the molecule is COC(=O)[C@H]1[C@@H](C(C)=C(Cl)C(F)(F)F)C1(C)C.c1ccc2c(c1)Cc1ccccc1-2. The van der Waals surface area contributed by atoms with Gasteiger partial charge in [-0.25, -0.2) is 0 Å². The Morgan fingerprint density at radius 2 is 1.47 bits per heavy atom. The van der Waals surface area contributed by atoms with Crippen molar-refractivity contribution in [1.29, 1.82) is 0 Å². The van der Waals surface area contributed by atoms with Gasteiger partial charge < -0.3 is 4.74 Å². The fraction of sp³-hybridized carbons (Fsp3) is 0.375. The van der Waals surface area contributed by atoms with Gasteiger partial charge in [0.1, 0.15) is 5.03 Å². The lowest BCUT2D eigenvalue weighted by molar-refractivity contribution is -0.143. The first-order valence-electron chi connectivity index (χ1n) is 9.67. The monoisotopic (exact) mass is 436 g/mol. The minimum Gasteiger partial charge on any atom is -0.469 e. The van der Waals surface area contributed by atoms with E-state index in [1.165, 1.54) is 36.3 Å². The van der Waals surface area contributed by atoms with Crippen LogP contribution in [-0.2, 0) is 16.0 Å². The fourth-order valence-electron chi connectivity index (χ4n) is 4.45. The van der Waals surface area contributed by atoms with E-state index in [1.54, 1.807) is 13.8 Å². The van der Waals surface area contributed by atoms with E-state index in [9.17, 15) is 18.0 Å². The van der Waals surface area contributed by atoms with Crippen LogP contribution in [0.2, 0.25) is 0 Å². The van der Waals surface area contributed by atoms with E-state index >= 15 is 0 Å². The van der Waals surface area contributed by atoms with Crippen molar-refractivity contribution in [1.82, 2.24) is 0 Å². The maximum Gasteiger partial charge on any atom is 0.426 e. The highest BCUT2D eigenvalue weighted by Gasteiger charge is 2.64. The van der Waals surface area contributed by atoms with Crippen LogP contribution in [0.15, 0.2) is 59.1 Å². The minimum absolute atomic E-state index is 0.000401. The predicted octanol–water partition coefficient (Wildman–Crippen LogP) is 6.76. The van der Waals surface area contributed by atoms with Gasteiger partial charge in [-0.15, -0.1) is 0 Å². The Morgan fingerprint density at radius 1 is 1.00 bits per heavy atom. The number of alkyl halides is 3. The Labute approximate surface area is 179 Å². The number of hydrogen-bond donors (Lipinski definition) is 0. The van der Waals surface area contributed by atoms with E-state index in [-0.39, 0.29) is 5.57 Å². The molecule has 160 valence electrons. The lowest BCUT2D eigenvalue weighted by Gasteiger charge is -2.10. The zero-order valence-electron chi connectivity index (χ0n) is 17.3. The molecule has 2 nitrogen and oxygen atoms in total. The largest absolute Gasteiger partial charge is 0.469 e. The molecule has 2 aromatic carbocycles. The Balaban J connectivity index is 0.000000175. The van der Waals surface area contributed by atoms with Gasteiger partial charge >= 0.3 is 12.1 Å². The molecule has 4 rings (SSSR count). The molecule has 2 aliphatic carbocycles. The summed E-state index contributed by atoms with van der Waals surface area (Å²) in [5.74, 6) is -1.56.